The van der Waals surface area contributed by atoms with Crippen LogP contribution in [0.15, 0.2) is 60.7 Å². The zero-order valence-corrected chi connectivity index (χ0v) is 20.3. The minimum absolute atomic E-state index is 0.00456. The number of anilines is 1. The third-order valence-electron chi connectivity index (χ3n) is 6.50. The van der Waals surface area contributed by atoms with E-state index in [1.54, 1.807) is 27.8 Å². The van der Waals surface area contributed by atoms with E-state index in [4.69, 9.17) is 0 Å². The van der Waals surface area contributed by atoms with Gasteiger partial charge in [0.25, 0.3) is 0 Å². The Balaban J connectivity index is 1.56. The van der Waals surface area contributed by atoms with E-state index in [0.717, 1.165) is 44.1 Å². The average Bonchev–Trinajstić information content (AvgIpc) is 3.31. The van der Waals surface area contributed by atoms with Crippen LogP contribution in [0.4, 0.5) is 10.2 Å². The number of nitrogens with one attached hydrogen (secondary N) is 1. The molecular formula is C28H33FN4O2. The lowest BCUT2D eigenvalue weighted by molar-refractivity contribution is -0.139. The molecule has 0 aliphatic heterocycles. The SMILES string of the molecule is CCCCN(CC(=O)Nc1cc(-c2ccccc2)nn1-c1ccc(F)cc1)C(=O)C1CCCCC1. The fraction of sp³-hybridized carbons (Fsp3) is 0.393. The lowest BCUT2D eigenvalue weighted by Gasteiger charge is -2.29. The van der Waals surface area contributed by atoms with Gasteiger partial charge in [0, 0.05) is 24.1 Å². The monoisotopic (exact) mass is 476 g/mol. The summed E-state index contributed by atoms with van der Waals surface area (Å²) in [7, 11) is 0. The topological polar surface area (TPSA) is 67.2 Å². The first-order chi connectivity index (χ1) is 17.0. The lowest BCUT2D eigenvalue weighted by atomic mass is 9.88. The molecule has 1 fully saturated rings. The maximum absolute atomic E-state index is 13.5. The Labute approximate surface area is 206 Å². The molecule has 0 unspecified atom stereocenters. The minimum atomic E-state index is -0.345. The largest absolute Gasteiger partial charge is 0.333 e. The summed E-state index contributed by atoms with van der Waals surface area (Å²) in [5.74, 6) is -0.0372. The van der Waals surface area contributed by atoms with Gasteiger partial charge in [-0.25, -0.2) is 9.07 Å². The summed E-state index contributed by atoms with van der Waals surface area (Å²) in [6.07, 6.45) is 6.94. The number of nitrogens with zero attached hydrogens (tertiary/aromatic N) is 3. The summed E-state index contributed by atoms with van der Waals surface area (Å²) in [5, 5.41) is 7.62. The van der Waals surface area contributed by atoms with Crippen LogP contribution in [0.2, 0.25) is 0 Å². The molecule has 35 heavy (non-hydrogen) atoms. The van der Waals surface area contributed by atoms with E-state index in [-0.39, 0.29) is 30.1 Å². The van der Waals surface area contributed by atoms with Crippen LogP contribution in [0, 0.1) is 11.7 Å². The van der Waals surface area contributed by atoms with Crippen molar-refractivity contribution in [3.8, 4) is 16.9 Å². The van der Waals surface area contributed by atoms with Gasteiger partial charge in [0.05, 0.1) is 17.9 Å². The molecule has 184 valence electrons. The van der Waals surface area contributed by atoms with Crippen molar-refractivity contribution >= 4 is 17.6 Å². The molecule has 7 heteroatoms. The molecule has 0 radical (unpaired) electrons. The lowest BCUT2D eigenvalue weighted by Crippen LogP contribution is -2.42. The highest BCUT2D eigenvalue weighted by atomic mass is 19.1. The number of aromatic nitrogens is 2. The summed E-state index contributed by atoms with van der Waals surface area (Å²) in [6, 6.07) is 17.4. The predicted octanol–water partition coefficient (Wildman–Crippen LogP) is 5.83. The molecule has 1 heterocycles. The van der Waals surface area contributed by atoms with E-state index in [1.807, 2.05) is 30.3 Å². The Morgan fingerprint density at radius 1 is 1.06 bits per heavy atom. The number of rotatable bonds is 9. The summed E-state index contributed by atoms with van der Waals surface area (Å²) < 4.78 is 15.1. The van der Waals surface area contributed by atoms with E-state index in [9.17, 15) is 14.0 Å². The molecule has 1 aliphatic carbocycles. The highest BCUT2D eigenvalue weighted by Crippen LogP contribution is 2.27. The van der Waals surface area contributed by atoms with Crippen molar-refractivity contribution in [1.82, 2.24) is 14.7 Å². The van der Waals surface area contributed by atoms with Gasteiger partial charge in [-0.15, -0.1) is 0 Å². The van der Waals surface area contributed by atoms with Gasteiger partial charge in [0.1, 0.15) is 11.6 Å². The van der Waals surface area contributed by atoms with E-state index in [2.05, 4.69) is 17.3 Å². The van der Waals surface area contributed by atoms with Crippen LogP contribution in [0.1, 0.15) is 51.9 Å². The normalized spacial score (nSPS) is 14.0. The maximum Gasteiger partial charge on any atom is 0.245 e. The number of carbonyl (C=O) groups is 2. The highest BCUT2D eigenvalue weighted by molar-refractivity contribution is 5.95. The molecule has 1 aliphatic rings. The first-order valence-corrected chi connectivity index (χ1v) is 12.5. The summed E-state index contributed by atoms with van der Waals surface area (Å²) in [5.41, 5.74) is 2.22. The number of amides is 2. The average molecular weight is 477 g/mol. The van der Waals surface area contributed by atoms with Crippen LogP contribution in [0.5, 0.6) is 0 Å². The maximum atomic E-state index is 13.5. The summed E-state index contributed by atoms with van der Waals surface area (Å²) in [6.45, 7) is 2.66. The summed E-state index contributed by atoms with van der Waals surface area (Å²) >= 11 is 0. The number of hydrogen-bond acceptors (Lipinski definition) is 3. The van der Waals surface area contributed by atoms with Gasteiger partial charge in [-0.05, 0) is 43.5 Å². The number of halogens is 1. The van der Waals surface area contributed by atoms with Gasteiger partial charge >= 0.3 is 0 Å². The van der Waals surface area contributed by atoms with E-state index >= 15 is 0 Å². The van der Waals surface area contributed by atoms with Crippen molar-refractivity contribution in [1.29, 1.82) is 0 Å². The van der Waals surface area contributed by atoms with E-state index in [1.165, 1.54) is 18.6 Å². The van der Waals surface area contributed by atoms with Crippen molar-refractivity contribution in [3.05, 3.63) is 66.5 Å². The van der Waals surface area contributed by atoms with Crippen LogP contribution in [0.25, 0.3) is 16.9 Å². The van der Waals surface area contributed by atoms with Gasteiger partial charge in [-0.2, -0.15) is 5.10 Å². The molecule has 0 atom stereocenters. The molecule has 4 rings (SSSR count). The highest BCUT2D eigenvalue weighted by Gasteiger charge is 2.27. The molecule has 1 N–H and O–H groups in total. The third-order valence-corrected chi connectivity index (χ3v) is 6.50. The molecule has 2 amide bonds. The van der Waals surface area contributed by atoms with E-state index < -0.39 is 0 Å². The Morgan fingerprint density at radius 3 is 2.46 bits per heavy atom. The number of carbonyl (C=O) groups excluding carboxylic acids is 2. The Bertz CT molecular complexity index is 1120. The Morgan fingerprint density at radius 2 is 1.77 bits per heavy atom. The Kier molecular flexibility index (Phi) is 8.29. The first kappa shape index (κ1) is 24.6. The second-order valence-corrected chi connectivity index (χ2v) is 9.17. The van der Waals surface area contributed by atoms with Crippen LogP contribution in [-0.4, -0.2) is 39.6 Å². The van der Waals surface area contributed by atoms with Gasteiger partial charge in [-0.1, -0.05) is 62.9 Å². The molecule has 0 bridgehead atoms. The minimum Gasteiger partial charge on any atom is -0.333 e. The molecule has 0 saturated heterocycles. The molecule has 3 aromatic rings. The zero-order chi connectivity index (χ0) is 24.6. The Hall–Kier alpha value is -3.48. The van der Waals surface area contributed by atoms with Crippen LogP contribution < -0.4 is 5.32 Å². The molecule has 1 saturated carbocycles. The molecule has 2 aromatic carbocycles. The third kappa shape index (κ3) is 6.35. The standard InChI is InChI=1S/C28H33FN4O2/c1-2-3-18-32(28(35)22-12-8-5-9-13-22)20-27(34)30-26-19-25(21-10-6-4-7-11-21)31-33(26)24-16-14-23(29)15-17-24/h4,6-7,10-11,14-17,19,22H,2-3,5,8-9,12-13,18,20H2,1H3,(H,30,34). The van der Waals surface area contributed by atoms with Crippen LogP contribution >= 0.6 is 0 Å². The smallest absolute Gasteiger partial charge is 0.245 e. The van der Waals surface area contributed by atoms with Crippen LogP contribution in [-0.2, 0) is 9.59 Å². The van der Waals surface area contributed by atoms with E-state index in [0.29, 0.717) is 23.7 Å². The fourth-order valence-electron chi connectivity index (χ4n) is 4.58. The molecular weight excluding hydrogens is 443 g/mol. The van der Waals surface area contributed by atoms with Gasteiger partial charge in [0.2, 0.25) is 11.8 Å². The predicted molar refractivity (Wildman–Crippen MR) is 136 cm³/mol. The van der Waals surface area contributed by atoms with Crippen molar-refractivity contribution in [3.63, 3.8) is 0 Å². The van der Waals surface area contributed by atoms with Gasteiger partial charge < -0.3 is 10.2 Å². The fourth-order valence-corrected chi connectivity index (χ4v) is 4.58. The quantitative estimate of drug-likeness (QED) is 0.423. The summed E-state index contributed by atoms with van der Waals surface area (Å²) in [4.78, 5) is 28.1. The zero-order valence-electron chi connectivity index (χ0n) is 20.3. The molecule has 0 spiro atoms. The van der Waals surface area contributed by atoms with Crippen molar-refractivity contribution < 1.29 is 14.0 Å². The number of hydrogen-bond donors (Lipinski definition) is 1. The number of unbranched alkanes of at least 4 members (excludes halogenated alkanes) is 1. The van der Waals surface area contributed by atoms with Gasteiger partial charge in [-0.3, -0.25) is 9.59 Å². The van der Waals surface area contributed by atoms with Crippen molar-refractivity contribution in [2.45, 2.75) is 51.9 Å². The van der Waals surface area contributed by atoms with Crippen molar-refractivity contribution in [2.24, 2.45) is 5.92 Å². The van der Waals surface area contributed by atoms with Crippen molar-refractivity contribution in [2.75, 3.05) is 18.4 Å². The second kappa shape index (κ2) is 11.8. The first-order valence-electron chi connectivity index (χ1n) is 12.5. The molecule has 1 aromatic heterocycles. The number of benzene rings is 2. The van der Waals surface area contributed by atoms with Gasteiger partial charge in [0.15, 0.2) is 0 Å². The molecule has 6 nitrogen and oxygen atoms in total. The van der Waals surface area contributed by atoms with Crippen LogP contribution in [0.3, 0.4) is 0 Å². The second-order valence-electron chi connectivity index (χ2n) is 9.17.